The van der Waals surface area contributed by atoms with Crippen molar-refractivity contribution in [3.63, 3.8) is 0 Å². The van der Waals surface area contributed by atoms with Crippen LogP contribution in [0, 0.1) is 0 Å². The Morgan fingerprint density at radius 1 is 0.921 bits per heavy atom. The van der Waals surface area contributed by atoms with E-state index in [-0.39, 0.29) is 11.3 Å². The summed E-state index contributed by atoms with van der Waals surface area (Å²) in [5.41, 5.74) is 1.02. The van der Waals surface area contributed by atoms with Crippen LogP contribution < -0.4 is 18.9 Å². The molecular weight excluding hydrogens is 492 g/mol. The zero-order chi connectivity index (χ0) is 26.6. The highest BCUT2D eigenvalue weighted by Gasteiger charge is 2.46. The van der Waals surface area contributed by atoms with Crippen molar-refractivity contribution in [1.29, 1.82) is 0 Å². The number of rotatable bonds is 8. The highest BCUT2D eigenvalue weighted by Crippen LogP contribution is 2.43. The monoisotopic (exact) mass is 524 g/mol. The molecule has 0 aromatic heterocycles. The number of hydrogen-bond acceptors (Lipinski definition) is 9. The normalized spacial score (nSPS) is 21.0. The Morgan fingerprint density at radius 3 is 2.39 bits per heavy atom. The van der Waals surface area contributed by atoms with Gasteiger partial charge >= 0.3 is 0 Å². The Balaban J connectivity index is 1.52. The van der Waals surface area contributed by atoms with Gasteiger partial charge < -0.3 is 33.7 Å². The van der Waals surface area contributed by atoms with Crippen LogP contribution in [-0.2, 0) is 14.3 Å². The molecule has 2 fully saturated rings. The van der Waals surface area contributed by atoms with Crippen LogP contribution in [0.5, 0.6) is 23.0 Å². The molecule has 3 aliphatic heterocycles. The summed E-state index contributed by atoms with van der Waals surface area (Å²) in [6, 6.07) is 9.42. The van der Waals surface area contributed by atoms with Gasteiger partial charge in [0.05, 0.1) is 39.0 Å². The molecule has 0 aliphatic carbocycles. The van der Waals surface area contributed by atoms with E-state index in [2.05, 4.69) is 4.90 Å². The van der Waals surface area contributed by atoms with Crippen molar-refractivity contribution >= 4 is 17.4 Å². The molecule has 0 spiro atoms. The molecule has 3 aliphatic rings. The second-order valence-electron chi connectivity index (χ2n) is 9.27. The molecule has 0 saturated carbocycles. The summed E-state index contributed by atoms with van der Waals surface area (Å²) in [6.45, 7) is 4.98. The first-order valence-electron chi connectivity index (χ1n) is 12.7. The number of likely N-dealkylation sites (tertiary alicyclic amines) is 1. The van der Waals surface area contributed by atoms with E-state index in [1.165, 1.54) is 19.1 Å². The SMILES string of the molecule is COc1ccc(C2/C(=C(\O)c3ccc4c(c3)OCCO4)C(=O)C(=O)N2CCCN2CCOCC2)cc1OC. The Morgan fingerprint density at radius 2 is 1.66 bits per heavy atom. The number of carbonyl (C=O) groups excluding carboxylic acids is 2. The van der Waals surface area contributed by atoms with Gasteiger partial charge in [0.15, 0.2) is 23.0 Å². The highest BCUT2D eigenvalue weighted by atomic mass is 16.6. The minimum atomic E-state index is -0.798. The summed E-state index contributed by atoms with van der Waals surface area (Å²) in [5.74, 6) is 0.372. The van der Waals surface area contributed by atoms with Gasteiger partial charge in [-0.2, -0.15) is 0 Å². The van der Waals surface area contributed by atoms with E-state index >= 15 is 0 Å². The van der Waals surface area contributed by atoms with Gasteiger partial charge in [-0.3, -0.25) is 14.5 Å². The highest BCUT2D eigenvalue weighted by molar-refractivity contribution is 6.46. The molecule has 2 saturated heterocycles. The minimum absolute atomic E-state index is 0.0188. The fraction of sp³-hybridized carbons (Fsp3) is 0.429. The van der Waals surface area contributed by atoms with Crippen LogP contribution in [-0.4, -0.2) is 93.4 Å². The number of ether oxygens (including phenoxy) is 5. The molecular formula is C28H32N2O8. The summed E-state index contributed by atoms with van der Waals surface area (Å²) in [4.78, 5) is 30.5. The molecule has 38 heavy (non-hydrogen) atoms. The fourth-order valence-corrected chi connectivity index (χ4v) is 5.12. The number of hydrogen-bond donors (Lipinski definition) is 1. The van der Waals surface area contributed by atoms with Crippen molar-refractivity contribution in [2.24, 2.45) is 0 Å². The van der Waals surface area contributed by atoms with Crippen molar-refractivity contribution in [2.45, 2.75) is 12.5 Å². The second-order valence-corrected chi connectivity index (χ2v) is 9.27. The minimum Gasteiger partial charge on any atom is -0.507 e. The average molecular weight is 525 g/mol. The maximum Gasteiger partial charge on any atom is 0.295 e. The van der Waals surface area contributed by atoms with Gasteiger partial charge in [0, 0.05) is 31.7 Å². The van der Waals surface area contributed by atoms with Gasteiger partial charge in [0.2, 0.25) is 0 Å². The molecule has 2 aromatic rings. The molecule has 202 valence electrons. The lowest BCUT2D eigenvalue weighted by Crippen LogP contribution is -2.38. The van der Waals surface area contributed by atoms with Crippen LogP contribution >= 0.6 is 0 Å². The third-order valence-corrected chi connectivity index (χ3v) is 7.06. The Hall–Kier alpha value is -3.76. The van der Waals surface area contributed by atoms with Gasteiger partial charge in [0.25, 0.3) is 11.7 Å². The van der Waals surface area contributed by atoms with Crippen molar-refractivity contribution < 1.29 is 38.4 Å². The lowest BCUT2D eigenvalue weighted by Gasteiger charge is -2.29. The van der Waals surface area contributed by atoms with Crippen LogP contribution in [0.2, 0.25) is 0 Å². The molecule has 2 aromatic carbocycles. The topological polar surface area (TPSA) is 107 Å². The summed E-state index contributed by atoms with van der Waals surface area (Å²) >= 11 is 0. The van der Waals surface area contributed by atoms with Crippen molar-refractivity contribution in [3.8, 4) is 23.0 Å². The summed E-state index contributed by atoms with van der Waals surface area (Å²) in [7, 11) is 3.06. The van der Waals surface area contributed by atoms with Crippen LogP contribution in [0.3, 0.4) is 0 Å². The molecule has 1 N–H and O–H groups in total. The van der Waals surface area contributed by atoms with Crippen LogP contribution in [0.1, 0.15) is 23.6 Å². The number of carbonyl (C=O) groups is 2. The van der Waals surface area contributed by atoms with Crippen LogP contribution in [0.25, 0.3) is 5.76 Å². The maximum absolute atomic E-state index is 13.4. The number of aliphatic hydroxyl groups is 1. The Labute approximate surface area is 221 Å². The van der Waals surface area contributed by atoms with Gasteiger partial charge in [0.1, 0.15) is 19.0 Å². The lowest BCUT2D eigenvalue weighted by molar-refractivity contribution is -0.140. The summed E-state index contributed by atoms with van der Waals surface area (Å²) < 4.78 is 27.5. The first-order valence-corrected chi connectivity index (χ1v) is 12.7. The molecule has 10 nitrogen and oxygen atoms in total. The molecule has 1 unspecified atom stereocenters. The number of ketones is 1. The van der Waals surface area contributed by atoms with E-state index in [1.807, 2.05) is 0 Å². The van der Waals surface area contributed by atoms with E-state index in [4.69, 9.17) is 23.7 Å². The second kappa shape index (κ2) is 11.3. The maximum atomic E-state index is 13.4. The smallest absolute Gasteiger partial charge is 0.295 e. The van der Waals surface area contributed by atoms with E-state index in [9.17, 15) is 14.7 Å². The number of nitrogens with zero attached hydrogens (tertiary/aromatic N) is 2. The van der Waals surface area contributed by atoms with Crippen LogP contribution in [0.4, 0.5) is 0 Å². The third kappa shape index (κ3) is 5.01. The van der Waals surface area contributed by atoms with Gasteiger partial charge in [-0.25, -0.2) is 0 Å². The van der Waals surface area contributed by atoms with E-state index in [0.29, 0.717) is 73.5 Å². The van der Waals surface area contributed by atoms with Gasteiger partial charge in [-0.15, -0.1) is 0 Å². The first-order chi connectivity index (χ1) is 18.5. The zero-order valence-electron chi connectivity index (χ0n) is 21.6. The first kappa shape index (κ1) is 25.9. The predicted molar refractivity (Wildman–Crippen MR) is 138 cm³/mol. The Bertz CT molecular complexity index is 1240. The Kier molecular flexibility index (Phi) is 7.71. The third-order valence-electron chi connectivity index (χ3n) is 7.06. The lowest BCUT2D eigenvalue weighted by atomic mass is 9.94. The van der Waals surface area contributed by atoms with E-state index in [1.54, 1.807) is 36.4 Å². The number of morpholine rings is 1. The average Bonchev–Trinajstić information content (AvgIpc) is 3.21. The number of aliphatic hydroxyl groups excluding tert-OH is 1. The molecule has 3 heterocycles. The van der Waals surface area contributed by atoms with Crippen molar-refractivity contribution in [2.75, 3.05) is 66.8 Å². The number of fused-ring (bicyclic) bond motifs is 1. The number of Topliss-reactive ketones (excluding diaryl/α,β-unsaturated/α-hetero) is 1. The van der Waals surface area contributed by atoms with Crippen molar-refractivity contribution in [1.82, 2.24) is 9.80 Å². The van der Waals surface area contributed by atoms with Gasteiger partial charge in [-0.1, -0.05) is 6.07 Å². The predicted octanol–water partition coefficient (Wildman–Crippen LogP) is 2.62. The fourth-order valence-electron chi connectivity index (χ4n) is 5.12. The molecule has 10 heteroatoms. The van der Waals surface area contributed by atoms with Crippen LogP contribution in [0.15, 0.2) is 42.0 Å². The molecule has 5 rings (SSSR count). The standard InChI is InChI=1S/C28H32N2O8/c1-34-20-6-4-18(16-22(20)35-2)25-24(26(31)19-5-7-21-23(17-19)38-15-14-37-21)27(32)28(33)30(25)9-3-8-29-10-12-36-13-11-29/h4-7,16-17,25,31H,3,8-15H2,1-2H3/b26-24+. The quantitative estimate of drug-likeness (QED) is 0.317. The molecule has 0 bridgehead atoms. The van der Waals surface area contributed by atoms with E-state index in [0.717, 1.165) is 19.6 Å². The van der Waals surface area contributed by atoms with Gasteiger partial charge in [-0.05, 0) is 42.3 Å². The van der Waals surface area contributed by atoms with E-state index < -0.39 is 17.7 Å². The summed E-state index contributed by atoms with van der Waals surface area (Å²) in [6.07, 6.45) is 0.668. The number of methoxy groups -OCH3 is 2. The summed E-state index contributed by atoms with van der Waals surface area (Å²) in [5, 5.41) is 11.4. The zero-order valence-corrected chi connectivity index (χ0v) is 21.6. The largest absolute Gasteiger partial charge is 0.507 e. The number of amides is 1. The molecule has 0 radical (unpaired) electrons. The molecule has 1 amide bonds. The number of benzene rings is 2. The molecule has 1 atom stereocenters. The van der Waals surface area contributed by atoms with Crippen molar-refractivity contribution in [3.05, 3.63) is 53.1 Å².